The van der Waals surface area contributed by atoms with E-state index in [1.165, 1.54) is 19.1 Å². The lowest BCUT2D eigenvalue weighted by Crippen LogP contribution is -2.01. The van der Waals surface area contributed by atoms with Crippen LogP contribution in [0, 0.1) is 5.82 Å². The highest BCUT2D eigenvalue weighted by atomic mass is 19.1. The van der Waals surface area contributed by atoms with Crippen LogP contribution >= 0.6 is 0 Å². The quantitative estimate of drug-likeness (QED) is 0.789. The molecule has 1 N–H and O–H groups in total. The van der Waals surface area contributed by atoms with E-state index in [1.807, 2.05) is 0 Å². The van der Waals surface area contributed by atoms with Gasteiger partial charge in [0.2, 0.25) is 5.88 Å². The molecule has 0 bridgehead atoms. The van der Waals surface area contributed by atoms with E-state index in [-0.39, 0.29) is 11.7 Å². The van der Waals surface area contributed by atoms with E-state index in [1.54, 1.807) is 18.2 Å². The van der Waals surface area contributed by atoms with E-state index in [4.69, 9.17) is 4.74 Å². The van der Waals surface area contributed by atoms with Gasteiger partial charge in [-0.2, -0.15) is 5.10 Å². The first kappa shape index (κ1) is 10.4. The van der Waals surface area contributed by atoms with Crippen molar-refractivity contribution in [1.82, 2.24) is 10.2 Å². The Morgan fingerprint density at radius 3 is 2.69 bits per heavy atom. The van der Waals surface area contributed by atoms with Crippen LogP contribution < -0.4 is 4.74 Å². The third kappa shape index (κ3) is 2.25. The lowest BCUT2D eigenvalue weighted by atomic mass is 10.1. The summed E-state index contributed by atoms with van der Waals surface area (Å²) in [4.78, 5) is 10.7. The fourth-order valence-electron chi connectivity index (χ4n) is 1.28. The Morgan fingerprint density at radius 1 is 1.38 bits per heavy atom. The lowest BCUT2D eigenvalue weighted by Gasteiger charge is -1.94. The van der Waals surface area contributed by atoms with Crippen molar-refractivity contribution in [3.05, 3.63) is 36.1 Å². The Labute approximate surface area is 91.1 Å². The summed E-state index contributed by atoms with van der Waals surface area (Å²) in [6.07, 6.45) is 0. The molecule has 5 heteroatoms. The third-order valence-electron chi connectivity index (χ3n) is 1.95. The first-order valence-corrected chi connectivity index (χ1v) is 4.65. The molecule has 0 unspecified atom stereocenters. The number of rotatable bonds is 2. The molecule has 1 aromatic carbocycles. The fraction of sp³-hybridized carbons (Fsp3) is 0.0909. The topological polar surface area (TPSA) is 55.0 Å². The molecule has 0 fully saturated rings. The molecule has 1 aromatic heterocycles. The summed E-state index contributed by atoms with van der Waals surface area (Å²) in [6.45, 7) is 1.30. The van der Waals surface area contributed by atoms with Crippen molar-refractivity contribution < 1.29 is 13.9 Å². The van der Waals surface area contributed by atoms with Crippen LogP contribution in [0.3, 0.4) is 0 Å². The van der Waals surface area contributed by atoms with Gasteiger partial charge in [0.15, 0.2) is 0 Å². The molecule has 0 saturated carbocycles. The number of hydrogen-bond acceptors (Lipinski definition) is 3. The van der Waals surface area contributed by atoms with Gasteiger partial charge in [0.05, 0.1) is 5.69 Å². The van der Waals surface area contributed by atoms with Crippen molar-refractivity contribution >= 4 is 5.97 Å². The summed E-state index contributed by atoms with van der Waals surface area (Å²) in [5.41, 5.74) is 1.34. The molecule has 0 aliphatic carbocycles. The van der Waals surface area contributed by atoms with Gasteiger partial charge in [-0.05, 0) is 24.3 Å². The predicted molar refractivity (Wildman–Crippen MR) is 55.3 cm³/mol. The molecule has 0 atom stereocenters. The Bertz CT molecular complexity index is 505. The van der Waals surface area contributed by atoms with E-state index in [9.17, 15) is 9.18 Å². The number of esters is 1. The number of nitrogens with zero attached hydrogens (tertiary/aromatic N) is 1. The largest absolute Gasteiger partial charge is 0.408 e. The number of hydrogen-bond donors (Lipinski definition) is 1. The zero-order valence-electron chi connectivity index (χ0n) is 8.53. The van der Waals surface area contributed by atoms with Crippen LogP contribution in [0.15, 0.2) is 30.3 Å². The molecule has 0 spiro atoms. The van der Waals surface area contributed by atoms with Gasteiger partial charge in [-0.25, -0.2) is 9.49 Å². The minimum atomic E-state index is -0.422. The summed E-state index contributed by atoms with van der Waals surface area (Å²) in [5, 5.41) is 6.51. The SMILES string of the molecule is CC(=O)Oc1cc(-c2ccc(F)cc2)n[nH]1. The van der Waals surface area contributed by atoms with E-state index >= 15 is 0 Å². The van der Waals surface area contributed by atoms with Gasteiger partial charge in [-0.15, -0.1) is 0 Å². The maximum atomic E-state index is 12.7. The number of carbonyl (C=O) groups is 1. The predicted octanol–water partition coefficient (Wildman–Crippen LogP) is 2.14. The fourth-order valence-corrected chi connectivity index (χ4v) is 1.28. The van der Waals surface area contributed by atoms with Crippen LogP contribution in [0.2, 0.25) is 0 Å². The van der Waals surface area contributed by atoms with E-state index in [0.717, 1.165) is 5.56 Å². The molecular weight excluding hydrogens is 211 g/mol. The molecule has 16 heavy (non-hydrogen) atoms. The van der Waals surface area contributed by atoms with E-state index in [2.05, 4.69) is 10.2 Å². The van der Waals surface area contributed by atoms with Gasteiger partial charge in [-0.3, -0.25) is 4.79 Å². The normalized spacial score (nSPS) is 10.1. The zero-order chi connectivity index (χ0) is 11.5. The minimum Gasteiger partial charge on any atom is -0.408 e. The molecule has 0 saturated heterocycles. The van der Waals surface area contributed by atoms with Crippen molar-refractivity contribution in [1.29, 1.82) is 0 Å². The number of carbonyl (C=O) groups excluding carboxylic acids is 1. The second-order valence-electron chi connectivity index (χ2n) is 3.22. The molecule has 0 amide bonds. The maximum absolute atomic E-state index is 12.7. The highest BCUT2D eigenvalue weighted by Crippen LogP contribution is 2.20. The first-order valence-electron chi connectivity index (χ1n) is 4.65. The zero-order valence-corrected chi connectivity index (χ0v) is 8.53. The van der Waals surface area contributed by atoms with Crippen LogP contribution in [-0.4, -0.2) is 16.2 Å². The lowest BCUT2D eigenvalue weighted by molar-refractivity contribution is -0.132. The highest BCUT2D eigenvalue weighted by molar-refractivity contribution is 5.69. The molecule has 0 aliphatic rings. The molecule has 1 heterocycles. The second-order valence-corrected chi connectivity index (χ2v) is 3.22. The molecular formula is C11H9FN2O2. The van der Waals surface area contributed by atoms with E-state index in [0.29, 0.717) is 5.69 Å². The van der Waals surface area contributed by atoms with Crippen molar-refractivity contribution in [2.24, 2.45) is 0 Å². The molecule has 4 nitrogen and oxygen atoms in total. The summed E-state index contributed by atoms with van der Waals surface area (Å²) in [6, 6.07) is 7.46. The van der Waals surface area contributed by atoms with Crippen LogP contribution in [-0.2, 0) is 4.79 Å². The Kier molecular flexibility index (Phi) is 2.68. The van der Waals surface area contributed by atoms with Gasteiger partial charge in [-0.1, -0.05) is 0 Å². The molecule has 82 valence electrons. The summed E-state index contributed by atoms with van der Waals surface area (Å²) in [5.74, 6) is -0.458. The van der Waals surface area contributed by atoms with Crippen LogP contribution in [0.1, 0.15) is 6.92 Å². The second kappa shape index (κ2) is 4.14. The van der Waals surface area contributed by atoms with Crippen LogP contribution in [0.5, 0.6) is 5.88 Å². The number of nitrogens with one attached hydrogen (secondary N) is 1. The average Bonchev–Trinajstić information content (AvgIpc) is 2.66. The number of H-pyrrole nitrogens is 1. The molecule has 2 aromatic rings. The molecule has 2 rings (SSSR count). The minimum absolute atomic E-state index is 0.270. The summed E-state index contributed by atoms with van der Waals surface area (Å²) in [7, 11) is 0. The number of benzene rings is 1. The number of aromatic nitrogens is 2. The Morgan fingerprint density at radius 2 is 2.06 bits per heavy atom. The van der Waals surface area contributed by atoms with Gasteiger partial charge < -0.3 is 4.74 Å². The molecule has 0 radical (unpaired) electrons. The van der Waals surface area contributed by atoms with Gasteiger partial charge in [0, 0.05) is 18.6 Å². The van der Waals surface area contributed by atoms with Gasteiger partial charge >= 0.3 is 5.97 Å². The summed E-state index contributed by atoms with van der Waals surface area (Å²) < 4.78 is 17.5. The maximum Gasteiger partial charge on any atom is 0.309 e. The first-order chi connectivity index (χ1) is 7.65. The van der Waals surface area contributed by atoms with E-state index < -0.39 is 5.97 Å². The van der Waals surface area contributed by atoms with Crippen LogP contribution in [0.4, 0.5) is 4.39 Å². The monoisotopic (exact) mass is 220 g/mol. The van der Waals surface area contributed by atoms with Crippen LogP contribution in [0.25, 0.3) is 11.3 Å². The smallest absolute Gasteiger partial charge is 0.309 e. The number of halogens is 1. The van der Waals surface area contributed by atoms with Gasteiger partial charge in [0.1, 0.15) is 5.82 Å². The Balaban J connectivity index is 2.24. The summed E-state index contributed by atoms with van der Waals surface area (Å²) >= 11 is 0. The number of ether oxygens (including phenoxy) is 1. The Hall–Kier alpha value is -2.17. The van der Waals surface area contributed by atoms with Crippen molar-refractivity contribution in [3.63, 3.8) is 0 Å². The highest BCUT2D eigenvalue weighted by Gasteiger charge is 2.06. The van der Waals surface area contributed by atoms with Crippen molar-refractivity contribution in [3.8, 4) is 17.1 Å². The third-order valence-corrected chi connectivity index (χ3v) is 1.95. The molecule has 0 aliphatic heterocycles. The average molecular weight is 220 g/mol. The standard InChI is InChI=1S/C11H9FN2O2/c1-7(15)16-11-6-10(13-14-11)8-2-4-9(12)5-3-8/h2-6H,1H3,(H,13,14). The van der Waals surface area contributed by atoms with Gasteiger partial charge in [0.25, 0.3) is 0 Å². The van der Waals surface area contributed by atoms with Crippen molar-refractivity contribution in [2.75, 3.05) is 0 Å². The number of aromatic amines is 1. The van der Waals surface area contributed by atoms with Crippen molar-refractivity contribution in [2.45, 2.75) is 6.92 Å².